The number of hydrogen-bond donors (Lipinski definition) is 2. The number of carbonyl (C=O) groups excluding carboxylic acids is 1. The maximum Gasteiger partial charge on any atom is 0.220 e. The van der Waals surface area contributed by atoms with Crippen molar-refractivity contribution in [2.75, 3.05) is 12.3 Å². The number of imidazole rings is 1. The number of thioether (sulfide) groups is 1. The minimum Gasteiger partial charge on any atom is -0.356 e. The lowest BCUT2D eigenvalue weighted by atomic mass is 10.3. The van der Waals surface area contributed by atoms with Gasteiger partial charge in [0.1, 0.15) is 5.82 Å². The van der Waals surface area contributed by atoms with Crippen molar-refractivity contribution in [2.24, 2.45) is 0 Å². The SMILES string of the molecule is Cc1nc(CSCCC(=O)NCCCc2ncc[nH]2)cs1. The summed E-state index contributed by atoms with van der Waals surface area (Å²) in [5.74, 6) is 2.81. The van der Waals surface area contributed by atoms with Crippen molar-refractivity contribution in [3.8, 4) is 0 Å². The first-order chi connectivity index (χ1) is 10.2. The second kappa shape index (κ2) is 8.84. The highest BCUT2D eigenvalue weighted by Crippen LogP contribution is 2.15. The van der Waals surface area contributed by atoms with Gasteiger partial charge in [-0.25, -0.2) is 9.97 Å². The Morgan fingerprint density at radius 1 is 1.52 bits per heavy atom. The monoisotopic (exact) mass is 324 g/mol. The van der Waals surface area contributed by atoms with Crippen molar-refractivity contribution in [1.82, 2.24) is 20.3 Å². The van der Waals surface area contributed by atoms with E-state index in [0.717, 1.165) is 40.9 Å². The van der Waals surface area contributed by atoms with Crippen molar-refractivity contribution in [2.45, 2.75) is 31.9 Å². The fourth-order valence-electron chi connectivity index (χ4n) is 1.82. The molecule has 0 aliphatic carbocycles. The van der Waals surface area contributed by atoms with E-state index in [9.17, 15) is 4.79 Å². The summed E-state index contributed by atoms with van der Waals surface area (Å²) in [5, 5.41) is 6.12. The third-order valence-corrected chi connectivity index (χ3v) is 4.67. The molecule has 0 aliphatic rings. The summed E-state index contributed by atoms with van der Waals surface area (Å²) in [5.41, 5.74) is 1.11. The van der Waals surface area contributed by atoms with Gasteiger partial charge in [0.2, 0.25) is 5.91 Å². The number of aromatic amines is 1. The van der Waals surface area contributed by atoms with Crippen molar-refractivity contribution >= 4 is 29.0 Å². The topological polar surface area (TPSA) is 70.7 Å². The van der Waals surface area contributed by atoms with E-state index in [2.05, 4.69) is 25.6 Å². The maximum absolute atomic E-state index is 11.7. The Morgan fingerprint density at radius 3 is 3.14 bits per heavy atom. The zero-order chi connectivity index (χ0) is 14.9. The Hall–Kier alpha value is -1.34. The Morgan fingerprint density at radius 2 is 2.43 bits per heavy atom. The molecule has 0 unspecified atom stereocenters. The second-order valence-electron chi connectivity index (χ2n) is 4.65. The molecular formula is C14H20N4OS2. The highest BCUT2D eigenvalue weighted by atomic mass is 32.2. The van der Waals surface area contributed by atoms with E-state index in [4.69, 9.17) is 0 Å². The summed E-state index contributed by atoms with van der Waals surface area (Å²) in [6.07, 6.45) is 5.90. The Labute approximate surface area is 133 Å². The second-order valence-corrected chi connectivity index (χ2v) is 6.82. The molecule has 5 nitrogen and oxygen atoms in total. The Kier molecular flexibility index (Phi) is 6.75. The summed E-state index contributed by atoms with van der Waals surface area (Å²) >= 11 is 3.42. The predicted molar refractivity (Wildman–Crippen MR) is 87.5 cm³/mol. The van der Waals surface area contributed by atoms with Crippen LogP contribution in [-0.4, -0.2) is 33.2 Å². The van der Waals surface area contributed by atoms with Gasteiger partial charge in [-0.2, -0.15) is 11.8 Å². The van der Waals surface area contributed by atoms with Crippen LogP contribution in [0.5, 0.6) is 0 Å². The Bertz CT molecular complexity index is 539. The van der Waals surface area contributed by atoms with E-state index in [1.807, 2.05) is 13.1 Å². The van der Waals surface area contributed by atoms with Crippen LogP contribution in [0.15, 0.2) is 17.8 Å². The van der Waals surface area contributed by atoms with Crippen LogP contribution in [-0.2, 0) is 17.0 Å². The number of aromatic nitrogens is 3. The molecule has 2 N–H and O–H groups in total. The molecule has 0 aliphatic heterocycles. The van der Waals surface area contributed by atoms with Gasteiger partial charge in [-0.3, -0.25) is 4.79 Å². The average molecular weight is 324 g/mol. The molecule has 0 spiro atoms. The molecule has 1 amide bonds. The summed E-state index contributed by atoms with van der Waals surface area (Å²) in [7, 11) is 0. The third-order valence-electron chi connectivity index (χ3n) is 2.86. The number of rotatable bonds is 9. The van der Waals surface area contributed by atoms with Gasteiger partial charge in [-0.05, 0) is 13.3 Å². The zero-order valence-electron chi connectivity index (χ0n) is 12.1. The van der Waals surface area contributed by atoms with Crippen LogP contribution < -0.4 is 5.32 Å². The van der Waals surface area contributed by atoms with E-state index in [0.29, 0.717) is 13.0 Å². The fourth-order valence-corrected chi connectivity index (χ4v) is 3.37. The number of nitrogens with one attached hydrogen (secondary N) is 2. The fraction of sp³-hybridized carbons (Fsp3) is 0.500. The first-order valence-electron chi connectivity index (χ1n) is 6.98. The summed E-state index contributed by atoms with van der Waals surface area (Å²) < 4.78 is 0. The minimum absolute atomic E-state index is 0.122. The number of hydrogen-bond acceptors (Lipinski definition) is 5. The van der Waals surface area contributed by atoms with Crippen molar-refractivity contribution in [1.29, 1.82) is 0 Å². The van der Waals surface area contributed by atoms with Gasteiger partial charge >= 0.3 is 0 Å². The van der Waals surface area contributed by atoms with E-state index in [-0.39, 0.29) is 5.91 Å². The van der Waals surface area contributed by atoms with Gasteiger partial charge < -0.3 is 10.3 Å². The van der Waals surface area contributed by atoms with Crippen LogP contribution in [0.1, 0.15) is 29.4 Å². The van der Waals surface area contributed by atoms with Crippen LogP contribution >= 0.6 is 23.1 Å². The normalized spacial score (nSPS) is 10.7. The molecule has 2 aromatic heterocycles. The van der Waals surface area contributed by atoms with Gasteiger partial charge in [0.25, 0.3) is 0 Å². The third kappa shape index (κ3) is 6.31. The van der Waals surface area contributed by atoms with Crippen LogP contribution in [0, 0.1) is 6.92 Å². The van der Waals surface area contributed by atoms with E-state index in [1.165, 1.54) is 0 Å². The quantitative estimate of drug-likeness (QED) is 0.696. The van der Waals surface area contributed by atoms with E-state index >= 15 is 0 Å². The minimum atomic E-state index is 0.122. The summed E-state index contributed by atoms with van der Waals surface area (Å²) in [4.78, 5) is 23.3. The molecule has 2 heterocycles. The molecule has 0 atom stereocenters. The van der Waals surface area contributed by atoms with Gasteiger partial charge in [0, 0.05) is 48.7 Å². The molecule has 0 fully saturated rings. The van der Waals surface area contributed by atoms with Crippen LogP contribution in [0.25, 0.3) is 0 Å². The smallest absolute Gasteiger partial charge is 0.220 e. The molecule has 0 saturated carbocycles. The molecule has 2 rings (SSSR count). The standard InChI is InChI=1S/C14H20N4OS2/c1-11-18-12(10-21-11)9-20-8-4-14(19)17-5-2-3-13-15-6-7-16-13/h6-7,10H,2-5,8-9H2,1H3,(H,15,16)(H,17,19). The molecule has 21 heavy (non-hydrogen) atoms. The predicted octanol–water partition coefficient (Wildman–Crippen LogP) is 2.55. The number of H-pyrrole nitrogens is 1. The van der Waals surface area contributed by atoms with Gasteiger partial charge in [-0.1, -0.05) is 0 Å². The first-order valence-corrected chi connectivity index (χ1v) is 9.01. The molecule has 0 aromatic carbocycles. The van der Waals surface area contributed by atoms with Crippen LogP contribution in [0.4, 0.5) is 0 Å². The summed E-state index contributed by atoms with van der Waals surface area (Å²) in [6, 6.07) is 0. The molecular weight excluding hydrogens is 304 g/mol. The van der Waals surface area contributed by atoms with Crippen molar-refractivity contribution in [3.05, 3.63) is 34.3 Å². The van der Waals surface area contributed by atoms with Crippen molar-refractivity contribution < 1.29 is 4.79 Å². The molecule has 114 valence electrons. The zero-order valence-corrected chi connectivity index (χ0v) is 13.7. The lowest BCUT2D eigenvalue weighted by Crippen LogP contribution is -2.25. The van der Waals surface area contributed by atoms with Gasteiger partial charge in [-0.15, -0.1) is 11.3 Å². The molecule has 0 bridgehead atoms. The lowest BCUT2D eigenvalue weighted by molar-refractivity contribution is -0.120. The maximum atomic E-state index is 11.7. The highest BCUT2D eigenvalue weighted by molar-refractivity contribution is 7.98. The van der Waals surface area contributed by atoms with Gasteiger partial charge in [0.05, 0.1) is 10.7 Å². The van der Waals surface area contributed by atoms with E-state index < -0.39 is 0 Å². The average Bonchev–Trinajstić information content (AvgIpc) is 3.11. The van der Waals surface area contributed by atoms with Gasteiger partial charge in [0.15, 0.2) is 0 Å². The highest BCUT2D eigenvalue weighted by Gasteiger charge is 2.03. The number of nitrogens with zero attached hydrogens (tertiary/aromatic N) is 2. The summed E-state index contributed by atoms with van der Waals surface area (Å²) in [6.45, 7) is 2.71. The number of amides is 1. The lowest BCUT2D eigenvalue weighted by Gasteiger charge is -2.04. The molecule has 7 heteroatoms. The first kappa shape index (κ1) is 16.0. The van der Waals surface area contributed by atoms with E-state index in [1.54, 1.807) is 29.3 Å². The molecule has 0 radical (unpaired) electrons. The van der Waals surface area contributed by atoms with Crippen LogP contribution in [0.3, 0.4) is 0 Å². The van der Waals surface area contributed by atoms with Crippen molar-refractivity contribution in [3.63, 3.8) is 0 Å². The Balaban J connectivity index is 1.47. The molecule has 2 aromatic rings. The van der Waals surface area contributed by atoms with Crippen LogP contribution in [0.2, 0.25) is 0 Å². The largest absolute Gasteiger partial charge is 0.356 e. The molecule has 0 saturated heterocycles. The number of thiazole rings is 1. The number of carbonyl (C=O) groups is 1. The number of aryl methyl sites for hydroxylation is 2.